The second kappa shape index (κ2) is 8.97. The van der Waals surface area contributed by atoms with Crippen LogP contribution in [0.3, 0.4) is 0 Å². The maximum absolute atomic E-state index is 12.1. The van der Waals surface area contributed by atoms with E-state index in [9.17, 15) is 9.59 Å². The van der Waals surface area contributed by atoms with Crippen LogP contribution in [0.1, 0.15) is 6.92 Å². The number of hydrogen-bond acceptors (Lipinski definition) is 5. The molecule has 0 aromatic heterocycles. The van der Waals surface area contributed by atoms with E-state index in [1.807, 2.05) is 18.2 Å². The lowest BCUT2D eigenvalue weighted by atomic mass is 10.1. The summed E-state index contributed by atoms with van der Waals surface area (Å²) >= 11 is 0. The van der Waals surface area contributed by atoms with Crippen molar-refractivity contribution in [3.63, 3.8) is 0 Å². The van der Waals surface area contributed by atoms with Gasteiger partial charge in [0.25, 0.3) is 5.91 Å². The minimum atomic E-state index is -0.456. The van der Waals surface area contributed by atoms with Gasteiger partial charge in [0, 0.05) is 13.1 Å². The molecule has 1 aromatic carbocycles. The van der Waals surface area contributed by atoms with Crippen molar-refractivity contribution in [3.05, 3.63) is 30.3 Å². The molecule has 0 aliphatic rings. The van der Waals surface area contributed by atoms with Crippen LogP contribution in [0.15, 0.2) is 30.3 Å². The van der Waals surface area contributed by atoms with Crippen LogP contribution >= 0.6 is 0 Å². The van der Waals surface area contributed by atoms with Crippen molar-refractivity contribution in [3.8, 4) is 5.75 Å². The minimum Gasteiger partial charge on any atom is -0.484 e. The molecule has 1 amide bonds. The van der Waals surface area contributed by atoms with Gasteiger partial charge in [-0.25, -0.2) is 0 Å². The third kappa shape index (κ3) is 5.83. The van der Waals surface area contributed by atoms with E-state index in [4.69, 9.17) is 9.84 Å². The molecule has 0 aliphatic carbocycles. The molecule has 0 bridgehead atoms. The maximum atomic E-state index is 12.1. The number of aliphatic hydroxyl groups excluding tert-OH is 1. The van der Waals surface area contributed by atoms with Gasteiger partial charge < -0.3 is 19.5 Å². The second-order valence-corrected chi connectivity index (χ2v) is 4.59. The van der Waals surface area contributed by atoms with E-state index in [0.717, 1.165) is 0 Å². The second-order valence-electron chi connectivity index (χ2n) is 4.59. The summed E-state index contributed by atoms with van der Waals surface area (Å²) in [5, 5.41) is 9.03. The van der Waals surface area contributed by atoms with Gasteiger partial charge in [0.2, 0.25) is 0 Å². The maximum Gasteiger partial charge on any atom is 0.310 e. The van der Waals surface area contributed by atoms with Gasteiger partial charge in [-0.05, 0) is 12.1 Å². The number of ether oxygens (including phenoxy) is 2. The molecule has 1 atom stereocenters. The Bertz CT molecular complexity index is 449. The zero-order valence-electron chi connectivity index (χ0n) is 12.3. The summed E-state index contributed by atoms with van der Waals surface area (Å²) in [4.78, 5) is 24.9. The van der Waals surface area contributed by atoms with Crippen LogP contribution in [0.2, 0.25) is 0 Å². The van der Waals surface area contributed by atoms with Gasteiger partial charge in [-0.15, -0.1) is 0 Å². The van der Waals surface area contributed by atoms with E-state index in [1.165, 1.54) is 12.0 Å². The highest BCUT2D eigenvalue weighted by Crippen LogP contribution is 2.09. The highest BCUT2D eigenvalue weighted by atomic mass is 16.5. The van der Waals surface area contributed by atoms with E-state index < -0.39 is 11.9 Å². The SMILES string of the molecule is COC(=O)C(C)CN(CCO)C(=O)COc1ccccc1. The molecule has 1 rings (SSSR count). The number of para-hydroxylation sites is 1. The third-order valence-electron chi connectivity index (χ3n) is 2.93. The van der Waals surface area contributed by atoms with E-state index >= 15 is 0 Å². The van der Waals surface area contributed by atoms with Crippen LogP contribution in [0.25, 0.3) is 0 Å². The predicted octanol–water partition coefficient (Wildman–Crippen LogP) is 0.695. The Morgan fingerprint density at radius 2 is 1.95 bits per heavy atom. The van der Waals surface area contributed by atoms with E-state index in [-0.39, 0.29) is 32.2 Å². The number of nitrogens with zero attached hydrogens (tertiary/aromatic N) is 1. The van der Waals surface area contributed by atoms with Crippen LogP contribution in [0, 0.1) is 5.92 Å². The van der Waals surface area contributed by atoms with Crippen LogP contribution in [-0.2, 0) is 14.3 Å². The molecule has 6 nitrogen and oxygen atoms in total. The first kappa shape index (κ1) is 17.0. The molecule has 1 N–H and O–H groups in total. The van der Waals surface area contributed by atoms with Crippen molar-refractivity contribution in [2.45, 2.75) is 6.92 Å². The summed E-state index contributed by atoms with van der Waals surface area (Å²) in [6, 6.07) is 8.97. The lowest BCUT2D eigenvalue weighted by molar-refractivity contribution is -0.146. The van der Waals surface area contributed by atoms with Crippen LogP contribution in [0.5, 0.6) is 5.75 Å². The fourth-order valence-corrected chi connectivity index (χ4v) is 1.80. The van der Waals surface area contributed by atoms with Gasteiger partial charge in [0.1, 0.15) is 5.75 Å². The summed E-state index contributed by atoms with van der Waals surface area (Å²) in [6.45, 7) is 1.69. The first-order valence-electron chi connectivity index (χ1n) is 6.72. The number of carbonyl (C=O) groups excluding carboxylic acids is 2. The zero-order valence-corrected chi connectivity index (χ0v) is 12.3. The van der Waals surface area contributed by atoms with Crippen molar-refractivity contribution >= 4 is 11.9 Å². The lowest BCUT2D eigenvalue weighted by Crippen LogP contribution is -2.41. The highest BCUT2D eigenvalue weighted by molar-refractivity contribution is 5.79. The fourth-order valence-electron chi connectivity index (χ4n) is 1.80. The van der Waals surface area contributed by atoms with Crippen molar-refractivity contribution in [2.24, 2.45) is 5.92 Å². The summed E-state index contributed by atoms with van der Waals surface area (Å²) in [5.74, 6) is -0.545. The molecule has 0 radical (unpaired) electrons. The molecule has 0 heterocycles. The zero-order chi connectivity index (χ0) is 15.7. The molecule has 21 heavy (non-hydrogen) atoms. The molecule has 1 unspecified atom stereocenters. The van der Waals surface area contributed by atoms with Gasteiger partial charge in [0.05, 0.1) is 19.6 Å². The number of carbonyl (C=O) groups is 2. The largest absolute Gasteiger partial charge is 0.484 e. The van der Waals surface area contributed by atoms with Gasteiger partial charge in [-0.2, -0.15) is 0 Å². The molecule has 0 saturated carbocycles. The van der Waals surface area contributed by atoms with Crippen molar-refractivity contribution in [2.75, 3.05) is 33.4 Å². The summed E-state index contributed by atoms with van der Waals surface area (Å²) in [5.41, 5.74) is 0. The number of esters is 1. The van der Waals surface area contributed by atoms with Crippen LogP contribution in [-0.4, -0.2) is 55.3 Å². The van der Waals surface area contributed by atoms with Crippen molar-refractivity contribution in [1.29, 1.82) is 0 Å². The highest BCUT2D eigenvalue weighted by Gasteiger charge is 2.21. The number of rotatable bonds is 8. The molecule has 0 fully saturated rings. The van der Waals surface area contributed by atoms with Gasteiger partial charge in [0.15, 0.2) is 6.61 Å². The molecule has 6 heteroatoms. The van der Waals surface area contributed by atoms with Crippen molar-refractivity contribution < 1.29 is 24.2 Å². The smallest absolute Gasteiger partial charge is 0.310 e. The lowest BCUT2D eigenvalue weighted by Gasteiger charge is -2.24. The summed E-state index contributed by atoms with van der Waals surface area (Å²) in [6.07, 6.45) is 0. The van der Waals surface area contributed by atoms with Crippen LogP contribution in [0.4, 0.5) is 0 Å². The molecular weight excluding hydrogens is 274 g/mol. The topological polar surface area (TPSA) is 76.1 Å². The average Bonchev–Trinajstić information content (AvgIpc) is 2.52. The quantitative estimate of drug-likeness (QED) is 0.714. The molecule has 0 spiro atoms. The number of aliphatic hydroxyl groups is 1. The summed E-state index contributed by atoms with van der Waals surface area (Å²) in [7, 11) is 1.30. The van der Waals surface area contributed by atoms with E-state index in [2.05, 4.69) is 4.74 Å². The first-order chi connectivity index (χ1) is 10.1. The molecule has 116 valence electrons. The fraction of sp³-hybridized carbons (Fsp3) is 0.467. The number of methoxy groups -OCH3 is 1. The summed E-state index contributed by atoms with van der Waals surface area (Å²) < 4.78 is 10.0. The van der Waals surface area contributed by atoms with Gasteiger partial charge >= 0.3 is 5.97 Å². The minimum absolute atomic E-state index is 0.141. The standard InChI is InChI=1S/C15H21NO5/c1-12(15(19)20-2)10-16(8-9-17)14(18)11-21-13-6-4-3-5-7-13/h3-7,12,17H,8-11H2,1-2H3. The Hall–Kier alpha value is -2.08. The third-order valence-corrected chi connectivity index (χ3v) is 2.93. The molecule has 0 aliphatic heterocycles. The van der Waals surface area contributed by atoms with E-state index in [0.29, 0.717) is 5.75 Å². The Kier molecular flexibility index (Phi) is 7.25. The molecular formula is C15H21NO5. The van der Waals surface area contributed by atoms with Gasteiger partial charge in [-0.3, -0.25) is 9.59 Å². The monoisotopic (exact) mass is 295 g/mol. The Balaban J connectivity index is 2.54. The Morgan fingerprint density at radius 3 is 2.52 bits per heavy atom. The predicted molar refractivity (Wildman–Crippen MR) is 76.8 cm³/mol. The number of hydrogen-bond donors (Lipinski definition) is 1. The number of amides is 1. The average molecular weight is 295 g/mol. The van der Waals surface area contributed by atoms with Crippen molar-refractivity contribution in [1.82, 2.24) is 4.90 Å². The molecule has 1 aromatic rings. The van der Waals surface area contributed by atoms with Gasteiger partial charge in [-0.1, -0.05) is 25.1 Å². The number of benzene rings is 1. The van der Waals surface area contributed by atoms with Crippen LogP contribution < -0.4 is 4.74 Å². The Labute approximate surface area is 124 Å². The Morgan fingerprint density at radius 1 is 1.29 bits per heavy atom. The van der Waals surface area contributed by atoms with E-state index in [1.54, 1.807) is 19.1 Å². The normalized spacial score (nSPS) is 11.6. The molecule has 0 saturated heterocycles. The first-order valence-corrected chi connectivity index (χ1v) is 6.72.